The second-order valence-corrected chi connectivity index (χ2v) is 7.62. The molecular formula is C21H17F3N2S. The van der Waals surface area contributed by atoms with Gasteiger partial charge in [0.1, 0.15) is 5.82 Å². The average Bonchev–Trinajstić information content (AvgIpc) is 3.17. The number of hydrogen-bond donors (Lipinski definition) is 0. The van der Waals surface area contributed by atoms with Crippen LogP contribution in [0.1, 0.15) is 22.4 Å². The maximum Gasteiger partial charge on any atom is 0.434 e. The van der Waals surface area contributed by atoms with E-state index in [2.05, 4.69) is 4.98 Å². The van der Waals surface area contributed by atoms with Crippen LogP contribution in [0.4, 0.5) is 13.2 Å². The Morgan fingerprint density at radius 3 is 2.33 bits per heavy atom. The number of benzene rings is 2. The highest BCUT2D eigenvalue weighted by molar-refractivity contribution is 7.17. The number of aryl methyl sites for hydroxylation is 3. The summed E-state index contributed by atoms with van der Waals surface area (Å²) in [5.74, 6) is 0.315. The van der Waals surface area contributed by atoms with Gasteiger partial charge in [-0.1, -0.05) is 35.9 Å². The maximum atomic E-state index is 13.4. The molecule has 27 heavy (non-hydrogen) atoms. The van der Waals surface area contributed by atoms with E-state index in [0.717, 1.165) is 38.7 Å². The zero-order valence-electron chi connectivity index (χ0n) is 15.1. The van der Waals surface area contributed by atoms with Crippen molar-refractivity contribution in [2.45, 2.75) is 26.9 Å². The van der Waals surface area contributed by atoms with Gasteiger partial charge in [-0.05, 0) is 38.0 Å². The first-order chi connectivity index (χ1) is 12.8. The minimum absolute atomic E-state index is 0.315. The third kappa shape index (κ3) is 3.04. The van der Waals surface area contributed by atoms with Gasteiger partial charge < -0.3 is 0 Å². The molecule has 4 rings (SSSR count). The summed E-state index contributed by atoms with van der Waals surface area (Å²) in [5, 5.41) is 2.79. The van der Waals surface area contributed by atoms with Gasteiger partial charge >= 0.3 is 6.18 Å². The van der Waals surface area contributed by atoms with Crippen LogP contribution in [-0.2, 0) is 6.18 Å². The lowest BCUT2D eigenvalue weighted by atomic mass is 10.0. The number of hydrogen-bond acceptors (Lipinski definition) is 2. The largest absolute Gasteiger partial charge is 0.434 e. The number of alkyl halides is 3. The van der Waals surface area contributed by atoms with Gasteiger partial charge in [-0.3, -0.25) is 4.57 Å². The first-order valence-electron chi connectivity index (χ1n) is 8.47. The lowest BCUT2D eigenvalue weighted by Gasteiger charge is -2.15. The molecule has 0 radical (unpaired) electrons. The molecule has 0 atom stereocenters. The van der Waals surface area contributed by atoms with Gasteiger partial charge in [-0.25, -0.2) is 4.98 Å². The number of imidazole rings is 1. The molecule has 0 saturated carbocycles. The predicted octanol–water partition coefficient (Wildman–Crippen LogP) is 6.70. The molecule has 6 heteroatoms. The Bertz CT molecular complexity index is 1130. The van der Waals surface area contributed by atoms with E-state index >= 15 is 0 Å². The van der Waals surface area contributed by atoms with Crippen LogP contribution in [0, 0.1) is 20.8 Å². The predicted molar refractivity (Wildman–Crippen MR) is 104 cm³/mol. The molecule has 2 aromatic heterocycles. The molecule has 2 aromatic carbocycles. The van der Waals surface area contributed by atoms with Crippen molar-refractivity contribution >= 4 is 21.4 Å². The normalized spacial score (nSPS) is 12.1. The van der Waals surface area contributed by atoms with Crippen LogP contribution in [0.25, 0.3) is 27.2 Å². The van der Waals surface area contributed by atoms with Gasteiger partial charge in [0.05, 0.1) is 5.69 Å². The lowest BCUT2D eigenvalue weighted by molar-refractivity contribution is -0.140. The summed E-state index contributed by atoms with van der Waals surface area (Å²) in [4.78, 5) is 4.00. The highest BCUT2D eigenvalue weighted by Gasteiger charge is 2.35. The van der Waals surface area contributed by atoms with Crippen molar-refractivity contribution in [3.8, 4) is 17.1 Å². The van der Waals surface area contributed by atoms with Crippen LogP contribution in [0.15, 0.2) is 48.0 Å². The van der Waals surface area contributed by atoms with Gasteiger partial charge in [0.15, 0.2) is 5.69 Å². The van der Waals surface area contributed by atoms with Crippen molar-refractivity contribution in [3.05, 3.63) is 70.4 Å². The number of fused-ring (bicyclic) bond motifs is 1. The van der Waals surface area contributed by atoms with Gasteiger partial charge in [0.2, 0.25) is 0 Å². The molecular weight excluding hydrogens is 369 g/mol. The van der Waals surface area contributed by atoms with Crippen LogP contribution in [-0.4, -0.2) is 9.55 Å². The number of rotatable bonds is 2. The van der Waals surface area contributed by atoms with E-state index in [1.807, 2.05) is 62.5 Å². The van der Waals surface area contributed by atoms with E-state index in [1.54, 1.807) is 4.57 Å². The van der Waals surface area contributed by atoms with Crippen LogP contribution in [0.2, 0.25) is 0 Å². The Morgan fingerprint density at radius 2 is 1.67 bits per heavy atom. The summed E-state index contributed by atoms with van der Waals surface area (Å²) in [5.41, 5.74) is 3.48. The summed E-state index contributed by atoms with van der Waals surface area (Å²) < 4.78 is 42.9. The molecule has 0 aliphatic heterocycles. The van der Waals surface area contributed by atoms with Crippen molar-refractivity contribution in [3.63, 3.8) is 0 Å². The van der Waals surface area contributed by atoms with Crippen LogP contribution in [0.5, 0.6) is 0 Å². The molecule has 0 spiro atoms. The first kappa shape index (κ1) is 17.8. The minimum atomic E-state index is -4.50. The molecule has 0 amide bonds. The SMILES string of the molecule is Cc1cc(C)c(-n2cc(C(F)(F)F)nc2-c2csc3ccccc23)c(C)c1. The Labute approximate surface area is 158 Å². The van der Waals surface area contributed by atoms with Crippen molar-refractivity contribution in [1.82, 2.24) is 9.55 Å². The van der Waals surface area contributed by atoms with Crippen LogP contribution >= 0.6 is 11.3 Å². The molecule has 4 aromatic rings. The maximum absolute atomic E-state index is 13.4. The second-order valence-electron chi connectivity index (χ2n) is 6.71. The molecule has 0 N–H and O–H groups in total. The quantitative estimate of drug-likeness (QED) is 0.375. The lowest BCUT2D eigenvalue weighted by Crippen LogP contribution is -2.05. The van der Waals surface area contributed by atoms with E-state index in [9.17, 15) is 13.2 Å². The topological polar surface area (TPSA) is 17.8 Å². The second kappa shape index (κ2) is 6.23. The minimum Gasteiger partial charge on any atom is -0.299 e. The van der Waals surface area contributed by atoms with E-state index < -0.39 is 11.9 Å². The summed E-state index contributed by atoms with van der Waals surface area (Å²) in [7, 11) is 0. The standard InChI is InChI=1S/C21H17F3N2S/c1-12-8-13(2)19(14(3)9-12)26-10-18(21(22,23)24)25-20(26)16-11-27-17-7-5-4-6-15(16)17/h4-11H,1-3H3. The Balaban J connectivity index is 2.04. The van der Waals surface area contributed by atoms with Gasteiger partial charge in [-0.15, -0.1) is 11.3 Å². The summed E-state index contributed by atoms with van der Waals surface area (Å²) in [6.07, 6.45) is -3.40. The highest BCUT2D eigenvalue weighted by atomic mass is 32.1. The number of nitrogens with zero attached hydrogens (tertiary/aromatic N) is 2. The van der Waals surface area contributed by atoms with Crippen LogP contribution < -0.4 is 0 Å². The zero-order valence-corrected chi connectivity index (χ0v) is 15.9. The monoisotopic (exact) mass is 386 g/mol. The fraction of sp³-hybridized carbons (Fsp3) is 0.190. The molecule has 0 bridgehead atoms. The smallest absolute Gasteiger partial charge is 0.299 e. The van der Waals surface area contributed by atoms with Crippen molar-refractivity contribution in [2.75, 3.05) is 0 Å². The van der Waals surface area contributed by atoms with E-state index in [1.165, 1.54) is 11.3 Å². The average molecular weight is 386 g/mol. The summed E-state index contributed by atoms with van der Waals surface area (Å²) in [6, 6.07) is 11.6. The molecule has 0 fully saturated rings. The number of aromatic nitrogens is 2. The van der Waals surface area contributed by atoms with Gasteiger partial charge in [0.25, 0.3) is 0 Å². The van der Waals surface area contributed by atoms with Crippen molar-refractivity contribution in [2.24, 2.45) is 0 Å². The van der Waals surface area contributed by atoms with Crippen molar-refractivity contribution < 1.29 is 13.2 Å². The molecule has 0 unspecified atom stereocenters. The third-order valence-electron chi connectivity index (χ3n) is 4.59. The fourth-order valence-electron chi connectivity index (χ4n) is 3.58. The van der Waals surface area contributed by atoms with Crippen molar-refractivity contribution in [1.29, 1.82) is 0 Å². The summed E-state index contributed by atoms with van der Waals surface area (Å²) in [6.45, 7) is 5.81. The van der Waals surface area contributed by atoms with Crippen LogP contribution in [0.3, 0.4) is 0 Å². The number of thiophene rings is 1. The molecule has 2 heterocycles. The third-order valence-corrected chi connectivity index (χ3v) is 5.56. The number of halogens is 3. The van der Waals surface area contributed by atoms with Gasteiger partial charge in [0, 0.05) is 27.2 Å². The molecule has 0 aliphatic carbocycles. The van der Waals surface area contributed by atoms with E-state index in [4.69, 9.17) is 0 Å². The molecule has 0 saturated heterocycles. The molecule has 0 aliphatic rings. The first-order valence-corrected chi connectivity index (χ1v) is 9.35. The van der Waals surface area contributed by atoms with E-state index in [0.29, 0.717) is 11.4 Å². The Morgan fingerprint density at radius 1 is 1.00 bits per heavy atom. The zero-order chi connectivity index (χ0) is 19.3. The van der Waals surface area contributed by atoms with E-state index in [-0.39, 0.29) is 0 Å². The Hall–Kier alpha value is -2.60. The fourth-order valence-corrected chi connectivity index (χ4v) is 4.52. The molecule has 2 nitrogen and oxygen atoms in total. The highest BCUT2D eigenvalue weighted by Crippen LogP contribution is 2.38. The van der Waals surface area contributed by atoms with Gasteiger partial charge in [-0.2, -0.15) is 13.2 Å². The Kier molecular flexibility index (Phi) is 4.11. The summed E-state index contributed by atoms with van der Waals surface area (Å²) >= 11 is 1.51. The molecule has 138 valence electrons.